The summed E-state index contributed by atoms with van der Waals surface area (Å²) in [5.74, 6) is 2.35. The lowest BCUT2D eigenvalue weighted by Gasteiger charge is -2.36. The third kappa shape index (κ3) is 2.30. The Bertz CT molecular complexity index is 306. The Morgan fingerprint density at radius 1 is 1.67 bits per heavy atom. The quantitative estimate of drug-likeness (QED) is 0.670. The number of terminal acetylenes is 1. The summed E-state index contributed by atoms with van der Waals surface area (Å²) in [4.78, 5) is 24.6. The lowest BCUT2D eigenvalue weighted by molar-refractivity contribution is -0.146. The summed E-state index contributed by atoms with van der Waals surface area (Å²) in [6.45, 7) is 3.76. The zero-order valence-electron chi connectivity index (χ0n) is 9.12. The molecule has 0 saturated carbocycles. The predicted molar refractivity (Wildman–Crippen MR) is 56.8 cm³/mol. The maximum Gasteiger partial charge on any atom is 0.243 e. The molecule has 1 rings (SSSR count). The van der Waals surface area contributed by atoms with Crippen LogP contribution in [0.5, 0.6) is 0 Å². The zero-order valence-corrected chi connectivity index (χ0v) is 9.12. The van der Waals surface area contributed by atoms with Crippen LogP contribution in [0.25, 0.3) is 0 Å². The molecule has 0 aromatic heterocycles. The van der Waals surface area contributed by atoms with Crippen LogP contribution in [0.15, 0.2) is 0 Å². The minimum absolute atomic E-state index is 0.0606. The Balaban J connectivity index is 2.83. The Kier molecular flexibility index (Phi) is 3.73. The van der Waals surface area contributed by atoms with Crippen LogP contribution in [-0.4, -0.2) is 35.3 Å². The van der Waals surface area contributed by atoms with E-state index < -0.39 is 6.04 Å². The highest BCUT2D eigenvalue weighted by atomic mass is 16.2. The van der Waals surface area contributed by atoms with Crippen LogP contribution in [0.1, 0.15) is 26.7 Å². The van der Waals surface area contributed by atoms with Crippen LogP contribution in [0.4, 0.5) is 0 Å². The summed E-state index contributed by atoms with van der Waals surface area (Å²) >= 11 is 0. The Hall–Kier alpha value is -1.50. The molecule has 0 aromatic carbocycles. The fourth-order valence-corrected chi connectivity index (χ4v) is 1.76. The summed E-state index contributed by atoms with van der Waals surface area (Å²) in [5, 5.41) is 2.53. The van der Waals surface area contributed by atoms with Gasteiger partial charge in [0.2, 0.25) is 11.8 Å². The maximum absolute atomic E-state index is 11.6. The van der Waals surface area contributed by atoms with E-state index in [1.54, 1.807) is 6.92 Å². The van der Waals surface area contributed by atoms with Gasteiger partial charge >= 0.3 is 0 Å². The Morgan fingerprint density at radius 2 is 2.33 bits per heavy atom. The van der Waals surface area contributed by atoms with Gasteiger partial charge in [-0.15, -0.1) is 6.42 Å². The van der Waals surface area contributed by atoms with E-state index in [1.807, 2.05) is 6.92 Å². The summed E-state index contributed by atoms with van der Waals surface area (Å²) in [6.07, 6.45) is 7.02. The van der Waals surface area contributed by atoms with E-state index >= 15 is 0 Å². The number of hydrogen-bond donors (Lipinski definition) is 1. The van der Waals surface area contributed by atoms with Gasteiger partial charge < -0.3 is 10.2 Å². The van der Waals surface area contributed by atoms with Gasteiger partial charge in [-0.05, 0) is 13.3 Å². The molecule has 0 radical (unpaired) electrons. The molecule has 1 fully saturated rings. The Labute approximate surface area is 90.0 Å². The molecule has 0 aromatic rings. The number of piperazine rings is 1. The van der Waals surface area contributed by atoms with Crippen LogP contribution >= 0.6 is 0 Å². The second-order valence-electron chi connectivity index (χ2n) is 3.67. The van der Waals surface area contributed by atoms with Gasteiger partial charge in [0.15, 0.2) is 0 Å². The number of amides is 2. The number of hydrogen-bond acceptors (Lipinski definition) is 2. The fourth-order valence-electron chi connectivity index (χ4n) is 1.76. The van der Waals surface area contributed by atoms with Crippen molar-refractivity contribution in [3.05, 3.63) is 0 Å². The molecule has 1 aliphatic rings. The Morgan fingerprint density at radius 3 is 2.87 bits per heavy atom. The fraction of sp³-hybridized carbons (Fsp3) is 0.636. The molecule has 0 aliphatic carbocycles. The first-order valence-electron chi connectivity index (χ1n) is 5.16. The van der Waals surface area contributed by atoms with Crippen LogP contribution in [-0.2, 0) is 9.59 Å². The highest BCUT2D eigenvalue weighted by Gasteiger charge is 2.34. The molecule has 1 heterocycles. The van der Waals surface area contributed by atoms with Crippen LogP contribution in [0.2, 0.25) is 0 Å². The van der Waals surface area contributed by atoms with Gasteiger partial charge in [-0.2, -0.15) is 0 Å². The first-order chi connectivity index (χ1) is 7.11. The SMILES string of the molecule is C#CC(CCC)N1C(=O)CNC(=O)C1C. The molecule has 1 saturated heterocycles. The smallest absolute Gasteiger partial charge is 0.243 e. The van der Waals surface area contributed by atoms with Crippen molar-refractivity contribution >= 4 is 11.8 Å². The van der Waals surface area contributed by atoms with Gasteiger partial charge in [0.25, 0.3) is 0 Å². The number of nitrogens with zero attached hydrogens (tertiary/aromatic N) is 1. The van der Waals surface area contributed by atoms with Crippen molar-refractivity contribution in [2.75, 3.05) is 6.54 Å². The monoisotopic (exact) mass is 208 g/mol. The van der Waals surface area contributed by atoms with Crippen molar-refractivity contribution in [3.63, 3.8) is 0 Å². The van der Waals surface area contributed by atoms with Crippen molar-refractivity contribution in [1.82, 2.24) is 10.2 Å². The van der Waals surface area contributed by atoms with E-state index in [9.17, 15) is 9.59 Å². The second kappa shape index (κ2) is 4.83. The van der Waals surface area contributed by atoms with Crippen molar-refractivity contribution in [2.45, 2.75) is 38.8 Å². The lowest BCUT2D eigenvalue weighted by Crippen LogP contribution is -2.60. The summed E-state index contributed by atoms with van der Waals surface area (Å²) in [6, 6.07) is -0.720. The van der Waals surface area contributed by atoms with E-state index in [0.29, 0.717) is 0 Å². The van der Waals surface area contributed by atoms with Gasteiger partial charge in [-0.1, -0.05) is 19.3 Å². The molecular formula is C11H16N2O2. The average Bonchev–Trinajstić information content (AvgIpc) is 2.22. The average molecular weight is 208 g/mol. The van der Waals surface area contributed by atoms with Gasteiger partial charge in [0.05, 0.1) is 12.6 Å². The normalized spacial score (nSPS) is 23.3. The molecule has 0 bridgehead atoms. The van der Waals surface area contributed by atoms with E-state index in [-0.39, 0.29) is 24.4 Å². The molecule has 4 heteroatoms. The van der Waals surface area contributed by atoms with Crippen molar-refractivity contribution in [2.24, 2.45) is 0 Å². The first kappa shape index (κ1) is 11.6. The van der Waals surface area contributed by atoms with Crippen molar-refractivity contribution in [3.8, 4) is 12.3 Å². The van der Waals surface area contributed by atoms with Crippen molar-refractivity contribution in [1.29, 1.82) is 0 Å². The second-order valence-corrected chi connectivity index (χ2v) is 3.67. The van der Waals surface area contributed by atoms with E-state index in [4.69, 9.17) is 6.42 Å². The van der Waals surface area contributed by atoms with Gasteiger partial charge in [0.1, 0.15) is 6.04 Å². The highest BCUT2D eigenvalue weighted by Crippen LogP contribution is 2.13. The summed E-state index contributed by atoms with van der Waals surface area (Å²) < 4.78 is 0. The number of nitrogens with one attached hydrogen (secondary N) is 1. The molecule has 0 spiro atoms. The van der Waals surface area contributed by atoms with Crippen LogP contribution in [0, 0.1) is 12.3 Å². The van der Waals surface area contributed by atoms with Crippen LogP contribution < -0.4 is 5.32 Å². The molecule has 1 aliphatic heterocycles. The van der Waals surface area contributed by atoms with E-state index in [0.717, 1.165) is 12.8 Å². The van der Waals surface area contributed by atoms with Gasteiger partial charge in [-0.25, -0.2) is 0 Å². The first-order valence-corrected chi connectivity index (χ1v) is 5.16. The highest BCUT2D eigenvalue weighted by molar-refractivity contribution is 5.94. The number of rotatable bonds is 3. The van der Waals surface area contributed by atoms with Gasteiger partial charge in [0, 0.05) is 0 Å². The van der Waals surface area contributed by atoms with Crippen LogP contribution in [0.3, 0.4) is 0 Å². The number of carbonyl (C=O) groups excluding carboxylic acids is 2. The topological polar surface area (TPSA) is 49.4 Å². The molecule has 15 heavy (non-hydrogen) atoms. The standard InChI is InChI=1S/C11H16N2O2/c1-4-6-9(5-2)13-8(3)11(15)12-7-10(13)14/h2,8-9H,4,6-7H2,1,3H3,(H,12,15). The minimum Gasteiger partial charge on any atom is -0.345 e. The third-order valence-corrected chi connectivity index (χ3v) is 2.59. The predicted octanol–water partition coefficient (Wildman–Crippen LogP) is 0.135. The van der Waals surface area contributed by atoms with Crippen molar-refractivity contribution < 1.29 is 9.59 Å². The van der Waals surface area contributed by atoms with E-state index in [1.165, 1.54) is 4.90 Å². The molecule has 82 valence electrons. The molecule has 1 N–H and O–H groups in total. The number of carbonyl (C=O) groups is 2. The molecule has 2 atom stereocenters. The minimum atomic E-state index is -0.459. The van der Waals surface area contributed by atoms with Gasteiger partial charge in [-0.3, -0.25) is 9.59 Å². The summed E-state index contributed by atoms with van der Waals surface area (Å²) in [7, 11) is 0. The zero-order chi connectivity index (χ0) is 11.4. The molecule has 2 amide bonds. The summed E-state index contributed by atoms with van der Waals surface area (Å²) in [5.41, 5.74) is 0. The molecular weight excluding hydrogens is 192 g/mol. The molecule has 4 nitrogen and oxygen atoms in total. The van der Waals surface area contributed by atoms with E-state index in [2.05, 4.69) is 11.2 Å². The lowest BCUT2D eigenvalue weighted by atomic mass is 10.1. The largest absolute Gasteiger partial charge is 0.345 e. The molecule has 2 unspecified atom stereocenters. The maximum atomic E-state index is 11.6. The third-order valence-electron chi connectivity index (χ3n) is 2.59.